The molecule has 17 nitrogen and oxygen atoms in total. The van der Waals surface area contributed by atoms with Crippen LogP contribution < -0.4 is 0 Å². The summed E-state index contributed by atoms with van der Waals surface area (Å²) in [5.41, 5.74) is 1.87. The number of rotatable bonds is 9. The average Bonchev–Trinajstić information content (AvgIpc) is 4.00. The molecule has 0 spiro atoms. The van der Waals surface area contributed by atoms with Crippen molar-refractivity contribution in [2.45, 2.75) is 92.7 Å². The zero-order chi connectivity index (χ0) is 42.4. The first-order valence-corrected chi connectivity index (χ1v) is 20.3. The van der Waals surface area contributed by atoms with Crippen molar-refractivity contribution in [1.29, 1.82) is 0 Å². The second-order valence-corrected chi connectivity index (χ2v) is 16.2. The largest absolute Gasteiger partial charge is 0.468 e. The van der Waals surface area contributed by atoms with Gasteiger partial charge in [-0.2, -0.15) is 0 Å². The molecule has 2 aromatic carbocycles. The number of benzene rings is 2. The molecule has 324 valence electrons. The smallest absolute Gasteiger partial charge is 0.134 e. The van der Waals surface area contributed by atoms with E-state index in [-0.39, 0.29) is 39.5 Å². The molecule has 3 aliphatic heterocycles. The van der Waals surface area contributed by atoms with E-state index in [1.54, 1.807) is 33.3 Å². The fraction of sp³-hybridized carbons (Fsp3) is 0.512. The van der Waals surface area contributed by atoms with Gasteiger partial charge < -0.3 is 70.1 Å². The lowest BCUT2D eigenvalue weighted by Gasteiger charge is -2.43. The minimum Gasteiger partial charge on any atom is -0.468 e. The minimum absolute atomic E-state index is 0.167. The van der Waals surface area contributed by atoms with E-state index in [1.165, 1.54) is 11.0 Å². The van der Waals surface area contributed by atoms with E-state index in [2.05, 4.69) is 11.4 Å². The molecule has 6 heterocycles. The molecule has 12 atom stereocenters. The Hall–Kier alpha value is -3.38. The first-order valence-electron chi connectivity index (χ1n) is 19.5. The van der Waals surface area contributed by atoms with Crippen molar-refractivity contribution in [3.05, 3.63) is 95.5 Å². The number of aliphatic hydroxyl groups is 12. The van der Waals surface area contributed by atoms with Crippen LogP contribution in [0.4, 0.5) is 0 Å². The van der Waals surface area contributed by atoms with Crippen LogP contribution in [0.5, 0.6) is 0 Å². The summed E-state index contributed by atoms with van der Waals surface area (Å²) in [6, 6.07) is 19.3. The van der Waals surface area contributed by atoms with Crippen molar-refractivity contribution in [2.75, 3.05) is 39.5 Å². The standard InChI is InChI=1S/C15H19NO5.C15H19NO4S.C11H17NO5/c17-8-11-14(19)15(20)12(18)7-16(11)6-10-5-9-3-1-2-4-13(9)21-10;17-7-11-14(19)15(20)12(18)6-16(11)5-9-8-21-13-4-2-1-3-10(9)13;13-6-8-10(15)11(16)9(14)5-12(8)4-7-2-1-3-17-7/h1-5,11-12,14-15,17-20H,6-8H2;1-4,8,11-12,14-15,17-20H,5-7H2;1-3,8-11,13-16H,4-6H2/t2*11-,12+,14-,15-;8-,9+,10-,11-/m111/s1. The summed E-state index contributed by atoms with van der Waals surface area (Å²) in [7, 11) is 0. The lowest BCUT2D eigenvalue weighted by Crippen LogP contribution is -2.62. The van der Waals surface area contributed by atoms with Gasteiger partial charge >= 0.3 is 0 Å². The first-order chi connectivity index (χ1) is 28.3. The molecule has 8 rings (SSSR count). The molecule has 0 radical (unpaired) electrons. The summed E-state index contributed by atoms with van der Waals surface area (Å²) in [4.78, 5) is 5.25. The summed E-state index contributed by atoms with van der Waals surface area (Å²) in [6.07, 6.45) is -8.73. The molecule has 0 saturated carbocycles. The van der Waals surface area contributed by atoms with Gasteiger partial charge in [-0.25, -0.2) is 0 Å². The number of thiophene rings is 1. The molecule has 3 fully saturated rings. The maximum absolute atomic E-state index is 10.0. The van der Waals surface area contributed by atoms with Gasteiger partial charge in [0.2, 0.25) is 0 Å². The number of hydrogen-bond acceptors (Lipinski definition) is 18. The molecule has 12 N–H and O–H groups in total. The number of aliphatic hydroxyl groups excluding tert-OH is 12. The Labute approximate surface area is 344 Å². The van der Waals surface area contributed by atoms with Crippen molar-refractivity contribution in [3.8, 4) is 0 Å². The van der Waals surface area contributed by atoms with Gasteiger partial charge in [0.05, 0.1) is 75.6 Å². The molecule has 0 aliphatic carbocycles. The summed E-state index contributed by atoms with van der Waals surface area (Å²) in [5, 5.41) is 120. The van der Waals surface area contributed by atoms with Crippen LogP contribution in [0.1, 0.15) is 17.1 Å². The molecule has 5 aromatic rings. The van der Waals surface area contributed by atoms with Gasteiger partial charge in [0.25, 0.3) is 0 Å². The fourth-order valence-corrected chi connectivity index (χ4v) is 8.93. The number of β-amino-alcohol motifs (C(OH)–C–C–N with tert-alkyl or cyclic N) is 3. The third-order valence-electron chi connectivity index (χ3n) is 11.4. The lowest BCUT2D eigenvalue weighted by atomic mass is 9.93. The topological polar surface area (TPSA) is 279 Å². The van der Waals surface area contributed by atoms with Crippen LogP contribution in [-0.2, 0) is 19.6 Å². The zero-order valence-corrected chi connectivity index (χ0v) is 33.0. The molecule has 0 bridgehead atoms. The van der Waals surface area contributed by atoms with Gasteiger partial charge in [-0.3, -0.25) is 14.7 Å². The van der Waals surface area contributed by atoms with Gasteiger partial charge in [0.1, 0.15) is 53.7 Å². The third-order valence-corrected chi connectivity index (χ3v) is 12.4. The van der Waals surface area contributed by atoms with Gasteiger partial charge in [-0.1, -0.05) is 36.4 Å². The van der Waals surface area contributed by atoms with Crippen LogP contribution in [0.15, 0.2) is 87.2 Å². The highest BCUT2D eigenvalue weighted by Gasteiger charge is 2.43. The van der Waals surface area contributed by atoms with Crippen LogP contribution in [0, 0.1) is 0 Å². The molecule has 3 aromatic heterocycles. The van der Waals surface area contributed by atoms with E-state index in [9.17, 15) is 61.3 Å². The second kappa shape index (κ2) is 20.5. The fourth-order valence-electron chi connectivity index (χ4n) is 7.97. The normalized spacial score (nSPS) is 32.1. The van der Waals surface area contributed by atoms with Crippen molar-refractivity contribution >= 4 is 32.4 Å². The Morgan fingerprint density at radius 3 is 1.54 bits per heavy atom. The van der Waals surface area contributed by atoms with Gasteiger partial charge in [-0.15, -0.1) is 11.3 Å². The summed E-state index contributed by atoms with van der Waals surface area (Å²) >= 11 is 1.65. The second-order valence-electron chi connectivity index (χ2n) is 15.3. The summed E-state index contributed by atoms with van der Waals surface area (Å²) < 4.78 is 12.1. The predicted octanol–water partition coefficient (Wildman–Crippen LogP) is -1.61. The van der Waals surface area contributed by atoms with Crippen LogP contribution in [0.25, 0.3) is 21.1 Å². The minimum atomic E-state index is -1.24. The zero-order valence-electron chi connectivity index (χ0n) is 32.2. The molecular formula is C41H55N3O14S. The number of para-hydroxylation sites is 1. The maximum atomic E-state index is 10.0. The Bertz CT molecular complexity index is 1970. The number of fused-ring (bicyclic) bond motifs is 2. The molecule has 3 aliphatic rings. The number of likely N-dealkylation sites (tertiary alicyclic amines) is 3. The monoisotopic (exact) mass is 845 g/mol. The Morgan fingerprint density at radius 1 is 0.542 bits per heavy atom. The molecule has 0 amide bonds. The average molecular weight is 846 g/mol. The molecule has 59 heavy (non-hydrogen) atoms. The van der Waals surface area contributed by atoms with Gasteiger partial charge in [-0.05, 0) is 46.7 Å². The van der Waals surface area contributed by atoms with Crippen molar-refractivity contribution < 1.29 is 70.1 Å². The highest BCUT2D eigenvalue weighted by Crippen LogP contribution is 2.30. The lowest BCUT2D eigenvalue weighted by molar-refractivity contribution is -0.148. The number of nitrogens with zero attached hydrogens (tertiary/aromatic N) is 3. The first kappa shape index (κ1) is 45.2. The van der Waals surface area contributed by atoms with Crippen LogP contribution >= 0.6 is 11.3 Å². The van der Waals surface area contributed by atoms with E-state index in [4.69, 9.17) is 8.83 Å². The van der Waals surface area contributed by atoms with Gasteiger partial charge in [0.15, 0.2) is 0 Å². The van der Waals surface area contributed by atoms with E-state index in [0.29, 0.717) is 31.2 Å². The maximum Gasteiger partial charge on any atom is 0.134 e. The van der Waals surface area contributed by atoms with Crippen molar-refractivity contribution in [3.63, 3.8) is 0 Å². The van der Waals surface area contributed by atoms with E-state index >= 15 is 0 Å². The summed E-state index contributed by atoms with van der Waals surface area (Å²) in [5.74, 6) is 1.37. The van der Waals surface area contributed by atoms with E-state index < -0.39 is 73.1 Å². The quantitative estimate of drug-likeness (QED) is 0.0796. The van der Waals surface area contributed by atoms with E-state index in [0.717, 1.165) is 21.9 Å². The SMILES string of the molecule is OC[C@@H]1[C@@H](O)[C@H](O)[C@@H](O)CN1Cc1cc2ccccc2o1.OC[C@@H]1[C@@H](O)[C@H](O)[C@@H](O)CN1Cc1ccco1.OC[C@@H]1[C@@H](O)[C@H](O)[C@@H](O)CN1Cc1csc2ccccc12. The molecule has 3 saturated heterocycles. The molecule has 18 heteroatoms. The summed E-state index contributed by atoms with van der Waals surface area (Å²) in [6.45, 7) is 0.984. The van der Waals surface area contributed by atoms with Crippen LogP contribution in [0.2, 0.25) is 0 Å². The van der Waals surface area contributed by atoms with Crippen LogP contribution in [-0.4, -0.2) is 188 Å². The van der Waals surface area contributed by atoms with Crippen molar-refractivity contribution in [2.24, 2.45) is 0 Å². The Kier molecular flexibility index (Phi) is 15.7. The number of piperidine rings is 3. The third kappa shape index (κ3) is 10.4. The predicted molar refractivity (Wildman–Crippen MR) is 215 cm³/mol. The Morgan fingerprint density at radius 2 is 1.03 bits per heavy atom. The molecular weight excluding hydrogens is 791 g/mol. The van der Waals surface area contributed by atoms with Crippen LogP contribution in [0.3, 0.4) is 0 Å². The highest BCUT2D eigenvalue weighted by molar-refractivity contribution is 7.17. The number of furan rings is 2. The van der Waals surface area contributed by atoms with Gasteiger partial charge in [0, 0.05) is 36.3 Å². The molecule has 0 unspecified atom stereocenters. The Balaban J connectivity index is 0.000000150. The number of hydrogen-bond donors (Lipinski definition) is 12. The highest BCUT2D eigenvalue weighted by atomic mass is 32.1. The van der Waals surface area contributed by atoms with Crippen molar-refractivity contribution in [1.82, 2.24) is 14.7 Å². The van der Waals surface area contributed by atoms with E-state index in [1.807, 2.05) is 53.4 Å².